The minimum Gasteiger partial charge on any atom is -0.381 e. The first-order chi connectivity index (χ1) is 4.36. The Bertz CT molecular complexity index is 103. The van der Waals surface area contributed by atoms with Crippen LogP contribution in [0.3, 0.4) is 0 Å². The highest BCUT2D eigenvalue weighted by Crippen LogP contribution is 2.35. The molecule has 0 spiro atoms. The maximum absolute atomic E-state index is 5.77. The lowest BCUT2D eigenvalue weighted by Gasteiger charge is -2.01. The van der Waals surface area contributed by atoms with Crippen molar-refractivity contribution in [1.29, 1.82) is 0 Å². The molecule has 0 aromatic rings. The predicted octanol–water partition coefficient (Wildman–Crippen LogP) is 0.370. The fraction of sp³-hybridized carbons (Fsp3) is 1.00. The first kappa shape index (κ1) is 5.69. The molecule has 9 heavy (non-hydrogen) atoms. The Morgan fingerprint density at radius 1 is 1.11 bits per heavy atom. The van der Waals surface area contributed by atoms with Crippen molar-refractivity contribution in [2.75, 3.05) is 13.2 Å². The van der Waals surface area contributed by atoms with E-state index in [1.54, 1.807) is 0 Å². The van der Waals surface area contributed by atoms with Crippen LogP contribution in [-0.2, 0) is 4.74 Å². The van der Waals surface area contributed by atoms with Crippen LogP contribution in [0.25, 0.3) is 0 Å². The maximum atomic E-state index is 5.77. The second-order valence-corrected chi connectivity index (χ2v) is 3.29. The normalized spacial score (nSPS) is 49.7. The van der Waals surface area contributed by atoms with Gasteiger partial charge in [-0.15, -0.1) is 0 Å². The number of fused-ring (bicyclic) bond motifs is 1. The summed E-state index contributed by atoms with van der Waals surface area (Å²) in [6, 6.07) is 0.476. The molecule has 0 amide bonds. The van der Waals surface area contributed by atoms with Crippen molar-refractivity contribution in [1.82, 2.24) is 0 Å². The highest BCUT2D eigenvalue weighted by atomic mass is 16.5. The van der Waals surface area contributed by atoms with E-state index in [9.17, 15) is 0 Å². The number of nitrogens with two attached hydrogens (primary N) is 1. The van der Waals surface area contributed by atoms with Crippen LogP contribution in [0.4, 0.5) is 0 Å². The average Bonchev–Trinajstić information content (AvgIpc) is 2.22. The Labute approximate surface area is 55.4 Å². The predicted molar refractivity (Wildman–Crippen MR) is 35.0 cm³/mol. The molecule has 0 aromatic heterocycles. The standard InChI is InChI=1S/C7H13NO/c8-7-1-5-3-9-4-6(5)2-7/h5-7H,1-4,8H2/t5-,6+,7?. The minimum atomic E-state index is 0.476. The molecule has 2 heteroatoms. The summed E-state index contributed by atoms with van der Waals surface area (Å²) in [4.78, 5) is 0. The van der Waals surface area contributed by atoms with Gasteiger partial charge >= 0.3 is 0 Å². The zero-order valence-corrected chi connectivity index (χ0v) is 5.55. The van der Waals surface area contributed by atoms with Gasteiger partial charge < -0.3 is 10.5 Å². The summed E-state index contributed by atoms with van der Waals surface area (Å²) in [5.41, 5.74) is 5.77. The van der Waals surface area contributed by atoms with Gasteiger partial charge in [-0.1, -0.05) is 0 Å². The third-order valence-corrected chi connectivity index (χ3v) is 2.54. The van der Waals surface area contributed by atoms with Crippen molar-refractivity contribution in [2.24, 2.45) is 17.6 Å². The van der Waals surface area contributed by atoms with Crippen molar-refractivity contribution in [2.45, 2.75) is 18.9 Å². The van der Waals surface area contributed by atoms with Gasteiger partial charge in [0, 0.05) is 19.3 Å². The Morgan fingerprint density at radius 3 is 2.22 bits per heavy atom. The maximum Gasteiger partial charge on any atom is 0.0498 e. The molecule has 0 bridgehead atoms. The van der Waals surface area contributed by atoms with Gasteiger partial charge in [0.15, 0.2) is 0 Å². The molecule has 1 heterocycles. The van der Waals surface area contributed by atoms with Crippen LogP contribution in [0.2, 0.25) is 0 Å². The molecular weight excluding hydrogens is 114 g/mol. The van der Waals surface area contributed by atoms with Crippen LogP contribution < -0.4 is 5.73 Å². The summed E-state index contributed by atoms with van der Waals surface area (Å²) in [6.07, 6.45) is 2.40. The Kier molecular flexibility index (Phi) is 1.24. The number of ether oxygens (including phenoxy) is 1. The first-order valence-electron chi connectivity index (χ1n) is 3.69. The van der Waals surface area contributed by atoms with E-state index in [2.05, 4.69) is 0 Å². The molecule has 2 N–H and O–H groups in total. The van der Waals surface area contributed by atoms with E-state index in [-0.39, 0.29) is 0 Å². The molecule has 1 unspecified atom stereocenters. The molecule has 2 aliphatic rings. The second kappa shape index (κ2) is 1.96. The topological polar surface area (TPSA) is 35.2 Å². The van der Waals surface area contributed by atoms with Crippen LogP contribution in [0, 0.1) is 11.8 Å². The van der Waals surface area contributed by atoms with Crippen LogP contribution >= 0.6 is 0 Å². The van der Waals surface area contributed by atoms with E-state index in [0.717, 1.165) is 25.0 Å². The lowest BCUT2D eigenvalue weighted by Crippen LogP contribution is -2.16. The van der Waals surface area contributed by atoms with Crippen molar-refractivity contribution in [3.63, 3.8) is 0 Å². The zero-order chi connectivity index (χ0) is 6.27. The molecule has 1 saturated heterocycles. The molecule has 0 aromatic carbocycles. The summed E-state index contributed by atoms with van der Waals surface area (Å²) in [5, 5.41) is 0. The molecule has 2 rings (SSSR count). The lowest BCUT2D eigenvalue weighted by molar-refractivity contribution is 0.171. The van der Waals surface area contributed by atoms with Crippen LogP contribution in [0.5, 0.6) is 0 Å². The first-order valence-corrected chi connectivity index (χ1v) is 3.69. The molecule has 2 fully saturated rings. The number of rotatable bonds is 0. The SMILES string of the molecule is NC1C[C@H]2COC[C@H]2C1. The monoisotopic (exact) mass is 127 g/mol. The van der Waals surface area contributed by atoms with Gasteiger partial charge in [0.05, 0.1) is 0 Å². The van der Waals surface area contributed by atoms with Crippen LogP contribution in [0.15, 0.2) is 0 Å². The van der Waals surface area contributed by atoms with E-state index >= 15 is 0 Å². The molecule has 1 aliphatic heterocycles. The van der Waals surface area contributed by atoms with E-state index in [0.29, 0.717) is 6.04 Å². The van der Waals surface area contributed by atoms with E-state index in [1.165, 1.54) is 12.8 Å². The van der Waals surface area contributed by atoms with Crippen molar-refractivity contribution in [3.05, 3.63) is 0 Å². The zero-order valence-electron chi connectivity index (χ0n) is 5.55. The lowest BCUT2D eigenvalue weighted by atomic mass is 10.0. The summed E-state index contributed by atoms with van der Waals surface area (Å²) in [6.45, 7) is 1.94. The van der Waals surface area contributed by atoms with Gasteiger partial charge in [-0.05, 0) is 24.7 Å². The Hall–Kier alpha value is -0.0800. The fourth-order valence-corrected chi connectivity index (χ4v) is 2.04. The summed E-state index contributed by atoms with van der Waals surface area (Å²) >= 11 is 0. The van der Waals surface area contributed by atoms with Crippen molar-refractivity contribution < 1.29 is 4.74 Å². The molecule has 1 aliphatic carbocycles. The highest BCUT2D eigenvalue weighted by Gasteiger charge is 2.36. The van der Waals surface area contributed by atoms with Gasteiger partial charge in [-0.25, -0.2) is 0 Å². The largest absolute Gasteiger partial charge is 0.381 e. The van der Waals surface area contributed by atoms with Gasteiger partial charge in [0.2, 0.25) is 0 Å². The molecule has 2 nitrogen and oxygen atoms in total. The molecule has 1 saturated carbocycles. The van der Waals surface area contributed by atoms with E-state index < -0.39 is 0 Å². The van der Waals surface area contributed by atoms with Gasteiger partial charge in [0.1, 0.15) is 0 Å². The fourth-order valence-electron chi connectivity index (χ4n) is 2.04. The number of hydrogen-bond acceptors (Lipinski definition) is 2. The summed E-state index contributed by atoms with van der Waals surface area (Å²) < 4.78 is 5.30. The highest BCUT2D eigenvalue weighted by molar-refractivity contribution is 4.88. The van der Waals surface area contributed by atoms with Crippen molar-refractivity contribution in [3.8, 4) is 0 Å². The molecule has 52 valence electrons. The summed E-state index contributed by atoms with van der Waals surface area (Å²) in [5.74, 6) is 1.61. The van der Waals surface area contributed by atoms with E-state index in [1.807, 2.05) is 0 Å². The van der Waals surface area contributed by atoms with E-state index in [4.69, 9.17) is 10.5 Å². The quantitative estimate of drug-likeness (QED) is 0.510. The number of hydrogen-bond donors (Lipinski definition) is 1. The smallest absolute Gasteiger partial charge is 0.0498 e. The minimum absolute atomic E-state index is 0.476. The summed E-state index contributed by atoms with van der Waals surface area (Å²) in [7, 11) is 0. The second-order valence-electron chi connectivity index (χ2n) is 3.29. The van der Waals surface area contributed by atoms with Gasteiger partial charge in [-0.2, -0.15) is 0 Å². The third kappa shape index (κ3) is 0.864. The van der Waals surface area contributed by atoms with Crippen LogP contribution in [0.1, 0.15) is 12.8 Å². The average molecular weight is 127 g/mol. The third-order valence-electron chi connectivity index (χ3n) is 2.54. The van der Waals surface area contributed by atoms with Crippen molar-refractivity contribution >= 4 is 0 Å². The Morgan fingerprint density at radius 2 is 1.67 bits per heavy atom. The van der Waals surface area contributed by atoms with Gasteiger partial charge in [-0.3, -0.25) is 0 Å². The van der Waals surface area contributed by atoms with Gasteiger partial charge in [0.25, 0.3) is 0 Å². The molecular formula is C7H13NO. The molecule has 0 radical (unpaired) electrons. The molecule has 3 atom stereocenters. The van der Waals surface area contributed by atoms with Crippen LogP contribution in [-0.4, -0.2) is 19.3 Å². The Balaban J connectivity index is 2.02.